The molecule has 0 aliphatic rings. The summed E-state index contributed by atoms with van der Waals surface area (Å²) in [7, 11) is -2.64. The summed E-state index contributed by atoms with van der Waals surface area (Å²) in [4.78, 5) is 22.1. The number of hydrogen-bond donors (Lipinski definition) is 0. The smallest absolute Gasteiger partial charge is 0.428 e. The van der Waals surface area contributed by atoms with E-state index in [9.17, 15) is 14.2 Å². The topological polar surface area (TPSA) is 88.1 Å². The molecule has 0 amide bonds. The quantitative estimate of drug-likeness (QED) is 0.302. The lowest BCUT2D eigenvalue weighted by molar-refractivity contribution is -0.141. The van der Waals surface area contributed by atoms with Crippen molar-refractivity contribution in [3.8, 4) is 0 Å². The lowest BCUT2D eigenvalue weighted by Gasteiger charge is -2.16. The van der Waals surface area contributed by atoms with Crippen LogP contribution in [0.1, 0.15) is 6.92 Å². The first-order valence-electron chi connectivity index (χ1n) is 4.83. The molecule has 102 valence electrons. The van der Waals surface area contributed by atoms with Gasteiger partial charge in [-0.05, 0) is 20.1 Å². The van der Waals surface area contributed by atoms with Crippen LogP contribution in [0.5, 0.6) is 0 Å². The van der Waals surface area contributed by atoms with Gasteiger partial charge in [-0.25, -0.2) is 14.2 Å². The van der Waals surface area contributed by atoms with Crippen molar-refractivity contribution in [1.82, 2.24) is 0 Å². The zero-order valence-electron chi connectivity index (χ0n) is 10.4. The molecule has 0 aromatic rings. The second-order valence-electron chi connectivity index (χ2n) is 3.01. The fourth-order valence-electron chi connectivity index (χ4n) is 0.819. The molecule has 0 aliphatic carbocycles. The van der Waals surface area contributed by atoms with Gasteiger partial charge < -0.3 is 18.5 Å². The molecule has 1 unspecified atom stereocenters. The van der Waals surface area contributed by atoms with Gasteiger partial charge in [-0.3, -0.25) is 0 Å². The van der Waals surface area contributed by atoms with Crippen molar-refractivity contribution < 1.29 is 32.7 Å². The van der Waals surface area contributed by atoms with E-state index in [4.69, 9.17) is 4.52 Å². The van der Waals surface area contributed by atoms with Crippen molar-refractivity contribution in [3.63, 3.8) is 0 Å². The zero-order chi connectivity index (χ0) is 14.3. The van der Waals surface area contributed by atoms with E-state index in [1.807, 2.05) is 0 Å². The Morgan fingerprint density at radius 2 is 1.56 bits per heavy atom. The van der Waals surface area contributed by atoms with Crippen molar-refractivity contribution in [2.75, 3.05) is 20.4 Å². The highest BCUT2D eigenvalue weighted by molar-refractivity contribution is 7.53. The lowest BCUT2D eigenvalue weighted by Crippen LogP contribution is -2.11. The Labute approximate surface area is 105 Å². The molecule has 18 heavy (non-hydrogen) atoms. The van der Waals surface area contributed by atoms with Gasteiger partial charge in [0.1, 0.15) is 0 Å². The summed E-state index contributed by atoms with van der Waals surface area (Å²) in [6, 6.07) is 0. The van der Waals surface area contributed by atoms with Crippen LogP contribution in [-0.4, -0.2) is 32.3 Å². The van der Waals surface area contributed by atoms with Crippen LogP contribution in [0, 0.1) is 0 Å². The number of esters is 2. The average molecular weight is 278 g/mol. The predicted octanol–water partition coefficient (Wildman–Crippen LogP) is 1.61. The van der Waals surface area contributed by atoms with E-state index in [1.165, 1.54) is 0 Å². The van der Waals surface area contributed by atoms with Crippen molar-refractivity contribution in [2.24, 2.45) is 0 Å². The van der Waals surface area contributed by atoms with Gasteiger partial charge in [0.25, 0.3) is 0 Å². The SMILES string of the molecule is C=C(OP(C)(=O)OC(=C)C(=O)OCC)C(=O)OC. The monoisotopic (exact) mass is 278 g/mol. The molecule has 1 atom stereocenters. The zero-order valence-corrected chi connectivity index (χ0v) is 11.3. The van der Waals surface area contributed by atoms with E-state index < -0.39 is 31.1 Å². The first-order chi connectivity index (χ1) is 8.23. The molecule has 0 saturated carbocycles. The molecule has 0 aromatic heterocycles. The highest BCUT2D eigenvalue weighted by atomic mass is 31.2. The maximum atomic E-state index is 11.8. The second kappa shape index (κ2) is 6.86. The third-order valence-corrected chi connectivity index (χ3v) is 2.57. The molecule has 8 heteroatoms. The summed E-state index contributed by atoms with van der Waals surface area (Å²) < 4.78 is 30.0. The van der Waals surface area contributed by atoms with E-state index >= 15 is 0 Å². The van der Waals surface area contributed by atoms with Crippen LogP contribution in [0.2, 0.25) is 0 Å². The second-order valence-corrected chi connectivity index (χ2v) is 4.92. The molecular formula is C10H15O7P. The minimum atomic E-state index is -3.75. The van der Waals surface area contributed by atoms with Crippen molar-refractivity contribution >= 4 is 19.5 Å². The summed E-state index contributed by atoms with van der Waals surface area (Å²) >= 11 is 0. The summed E-state index contributed by atoms with van der Waals surface area (Å²) in [5.41, 5.74) is 0. The lowest BCUT2D eigenvalue weighted by atomic mass is 10.6. The Hall–Kier alpha value is -1.75. The molecule has 0 aliphatic heterocycles. The molecule has 0 bridgehead atoms. The molecule has 0 aromatic carbocycles. The van der Waals surface area contributed by atoms with Crippen LogP contribution in [0.25, 0.3) is 0 Å². The van der Waals surface area contributed by atoms with Crippen molar-refractivity contribution in [2.45, 2.75) is 6.92 Å². The van der Waals surface area contributed by atoms with E-state index in [-0.39, 0.29) is 6.61 Å². The molecule has 0 rings (SSSR count). The molecule has 0 saturated heterocycles. The fourth-order valence-corrected chi connectivity index (χ4v) is 1.81. The van der Waals surface area contributed by atoms with Crippen LogP contribution >= 0.6 is 7.60 Å². The number of carbonyl (C=O) groups excluding carboxylic acids is 2. The van der Waals surface area contributed by atoms with Crippen LogP contribution in [0.4, 0.5) is 0 Å². The standard InChI is InChI=1S/C10H15O7P/c1-6-15-10(12)8(3)17-18(5,13)16-7(2)9(11)14-4/h2-3,6H2,1,4-5H3. The molecule has 7 nitrogen and oxygen atoms in total. The molecule has 0 radical (unpaired) electrons. The Morgan fingerprint density at radius 1 is 1.11 bits per heavy atom. The third kappa shape index (κ3) is 5.54. The summed E-state index contributed by atoms with van der Waals surface area (Å²) in [6.45, 7) is 9.19. The fraction of sp³-hybridized carbons (Fsp3) is 0.400. The third-order valence-electron chi connectivity index (χ3n) is 1.47. The van der Waals surface area contributed by atoms with E-state index in [2.05, 4.69) is 27.2 Å². The van der Waals surface area contributed by atoms with Gasteiger partial charge in [-0.1, -0.05) is 0 Å². The first kappa shape index (κ1) is 16.2. The van der Waals surface area contributed by atoms with Gasteiger partial charge >= 0.3 is 19.5 Å². The van der Waals surface area contributed by atoms with Gasteiger partial charge in [-0.15, -0.1) is 0 Å². The number of hydrogen-bond acceptors (Lipinski definition) is 7. The minimum Gasteiger partial charge on any atom is -0.463 e. The van der Waals surface area contributed by atoms with Crippen LogP contribution in [0.15, 0.2) is 24.7 Å². The molecule has 0 heterocycles. The Balaban J connectivity index is 4.53. The molecule has 0 spiro atoms. The van der Waals surface area contributed by atoms with Crippen molar-refractivity contribution in [1.29, 1.82) is 0 Å². The normalized spacial score (nSPS) is 12.8. The number of rotatable bonds is 7. The first-order valence-corrected chi connectivity index (χ1v) is 6.82. The number of ether oxygens (including phenoxy) is 2. The van der Waals surface area contributed by atoms with Gasteiger partial charge in [0.2, 0.25) is 11.5 Å². The summed E-state index contributed by atoms with van der Waals surface area (Å²) in [5, 5.41) is 0. The number of carbonyl (C=O) groups is 2. The van der Waals surface area contributed by atoms with Gasteiger partial charge in [0.15, 0.2) is 0 Å². The summed E-state index contributed by atoms with van der Waals surface area (Å²) in [6.07, 6.45) is 0. The molecule has 0 fully saturated rings. The maximum absolute atomic E-state index is 11.8. The van der Waals surface area contributed by atoms with E-state index in [0.717, 1.165) is 13.8 Å². The molecule has 0 N–H and O–H groups in total. The predicted molar refractivity (Wildman–Crippen MR) is 62.6 cm³/mol. The van der Waals surface area contributed by atoms with Gasteiger partial charge in [0, 0.05) is 0 Å². The average Bonchev–Trinajstić information content (AvgIpc) is 2.26. The summed E-state index contributed by atoms with van der Waals surface area (Å²) in [5.74, 6) is -2.75. The van der Waals surface area contributed by atoms with Gasteiger partial charge in [0.05, 0.1) is 20.4 Å². The highest BCUT2D eigenvalue weighted by Gasteiger charge is 2.27. The Kier molecular flexibility index (Phi) is 6.19. The largest absolute Gasteiger partial charge is 0.463 e. The Bertz CT molecular complexity index is 412. The van der Waals surface area contributed by atoms with Crippen LogP contribution < -0.4 is 0 Å². The minimum absolute atomic E-state index is 0.116. The van der Waals surface area contributed by atoms with E-state index in [1.54, 1.807) is 6.92 Å². The Morgan fingerprint density at radius 3 is 1.94 bits per heavy atom. The number of methoxy groups -OCH3 is 1. The van der Waals surface area contributed by atoms with Crippen LogP contribution in [-0.2, 0) is 32.7 Å². The van der Waals surface area contributed by atoms with Crippen LogP contribution in [0.3, 0.4) is 0 Å². The van der Waals surface area contributed by atoms with Gasteiger partial charge in [-0.2, -0.15) is 0 Å². The van der Waals surface area contributed by atoms with E-state index in [0.29, 0.717) is 0 Å². The maximum Gasteiger partial charge on any atom is 0.428 e. The highest BCUT2D eigenvalue weighted by Crippen LogP contribution is 2.48. The molecular weight excluding hydrogens is 263 g/mol. The van der Waals surface area contributed by atoms with Crippen molar-refractivity contribution in [3.05, 3.63) is 24.7 Å².